The Kier molecular flexibility index (Phi) is 13.2. The number of nitrogens with zero attached hydrogens (tertiary/aromatic N) is 6. The molecule has 4 heterocycles. The number of fused-ring (bicyclic) bond motifs is 4. The minimum Gasteiger partial charge on any atom is -0.444 e. The van der Waals surface area contributed by atoms with Gasteiger partial charge in [-0.25, -0.2) is 9.78 Å². The molecule has 3 amide bonds. The van der Waals surface area contributed by atoms with E-state index in [4.69, 9.17) is 10.5 Å². The van der Waals surface area contributed by atoms with Crippen LogP contribution in [0.2, 0.25) is 0 Å². The number of hydrogen-bond donors (Lipinski definition) is 4. The number of piperidine rings is 1. The maximum absolute atomic E-state index is 14.2. The summed E-state index contributed by atoms with van der Waals surface area (Å²) in [5.74, 6) is 0.299. The van der Waals surface area contributed by atoms with E-state index in [0.717, 1.165) is 64.9 Å². The summed E-state index contributed by atoms with van der Waals surface area (Å²) < 4.78 is 7.32. The molecule has 0 saturated carbocycles. The van der Waals surface area contributed by atoms with Crippen LogP contribution in [-0.2, 0) is 32.7 Å². The van der Waals surface area contributed by atoms with Crippen LogP contribution < -0.4 is 21.3 Å². The number of carbonyl (C=O) groups is 4. The molecule has 0 radical (unpaired) electrons. The fraction of sp³-hybridized carbons (Fsp3) is 0.551. The summed E-state index contributed by atoms with van der Waals surface area (Å²) in [7, 11) is 0. The first-order valence-corrected chi connectivity index (χ1v) is 22.9. The third kappa shape index (κ3) is 9.77. The van der Waals surface area contributed by atoms with Crippen molar-refractivity contribution in [3.05, 3.63) is 76.2 Å². The number of benzene rings is 2. The Balaban J connectivity index is 0.931. The SMILES string of the molecule is CCc1cc2c(cc1N1CCN(C(=O)CCCN3CCC(C)(C)[C@H](NC(=O)[C@H](CCCn4ccnc4N)NC(=O)OC(C)(C)C)C3)CC1)C(C)(C)c1[nH]c3cc(C#N)ccc3c1C2=O. The largest absolute Gasteiger partial charge is 0.444 e. The number of anilines is 2. The van der Waals surface area contributed by atoms with E-state index in [-0.39, 0.29) is 29.1 Å². The first-order valence-electron chi connectivity index (χ1n) is 22.9. The highest BCUT2D eigenvalue weighted by molar-refractivity contribution is 6.20. The van der Waals surface area contributed by atoms with Gasteiger partial charge in [0.2, 0.25) is 11.8 Å². The summed E-state index contributed by atoms with van der Waals surface area (Å²) in [5, 5.41) is 16.4. The molecular weight excluding hydrogens is 809 g/mol. The van der Waals surface area contributed by atoms with Gasteiger partial charge in [0.25, 0.3) is 0 Å². The van der Waals surface area contributed by atoms with E-state index in [9.17, 15) is 24.4 Å². The number of ketones is 1. The van der Waals surface area contributed by atoms with Crippen LogP contribution in [0.4, 0.5) is 16.4 Å². The molecule has 2 aromatic heterocycles. The molecule has 7 rings (SSSR count). The van der Waals surface area contributed by atoms with Gasteiger partial charge >= 0.3 is 6.09 Å². The number of carbonyl (C=O) groups excluding carboxylic acids is 4. The lowest BCUT2D eigenvalue weighted by atomic mass is 9.70. The summed E-state index contributed by atoms with van der Waals surface area (Å²) >= 11 is 0. The highest BCUT2D eigenvalue weighted by Crippen LogP contribution is 2.46. The highest BCUT2D eigenvalue weighted by atomic mass is 16.6. The molecule has 2 aromatic carbocycles. The lowest BCUT2D eigenvalue weighted by molar-refractivity contribution is -0.131. The molecule has 0 unspecified atom stereocenters. The number of ether oxygens (including phenoxy) is 1. The molecule has 2 fully saturated rings. The molecule has 1 aliphatic carbocycles. The monoisotopic (exact) mass is 875 g/mol. The molecule has 15 heteroatoms. The van der Waals surface area contributed by atoms with Crippen LogP contribution >= 0.6 is 0 Å². The van der Waals surface area contributed by atoms with E-state index in [1.807, 2.05) is 21.6 Å². The first kappa shape index (κ1) is 46.1. The number of alkyl carbamates (subject to hydrolysis) is 1. The van der Waals surface area contributed by atoms with Crippen LogP contribution in [0.5, 0.6) is 0 Å². The van der Waals surface area contributed by atoms with Gasteiger partial charge in [-0.3, -0.25) is 14.4 Å². The molecule has 0 bridgehead atoms. The van der Waals surface area contributed by atoms with Crippen LogP contribution in [0.25, 0.3) is 10.9 Å². The number of nitriles is 1. The number of aryl methyl sites for hydroxylation is 2. The topological polar surface area (TPSA) is 195 Å². The third-order valence-electron chi connectivity index (χ3n) is 13.6. The van der Waals surface area contributed by atoms with Crippen molar-refractivity contribution >= 4 is 46.2 Å². The maximum Gasteiger partial charge on any atom is 0.408 e. The van der Waals surface area contributed by atoms with Gasteiger partial charge < -0.3 is 45.4 Å². The molecule has 4 aromatic rings. The lowest BCUT2D eigenvalue weighted by Crippen LogP contribution is -2.59. The first-order chi connectivity index (χ1) is 30.3. The predicted octanol–water partition coefficient (Wildman–Crippen LogP) is 6.27. The van der Waals surface area contributed by atoms with E-state index in [0.29, 0.717) is 82.0 Å². The molecule has 342 valence electrons. The van der Waals surface area contributed by atoms with Crippen molar-refractivity contribution in [1.82, 2.24) is 35.0 Å². The number of nitrogens with one attached hydrogen (secondary N) is 3. The van der Waals surface area contributed by atoms with Crippen molar-refractivity contribution < 1.29 is 23.9 Å². The number of nitrogens with two attached hydrogens (primary N) is 1. The number of amides is 3. The van der Waals surface area contributed by atoms with E-state index in [1.54, 1.807) is 39.2 Å². The zero-order chi connectivity index (χ0) is 46.1. The highest BCUT2D eigenvalue weighted by Gasteiger charge is 2.41. The minimum atomic E-state index is -0.797. The van der Waals surface area contributed by atoms with E-state index in [1.165, 1.54) is 0 Å². The summed E-state index contributed by atoms with van der Waals surface area (Å²) in [6.45, 7) is 21.5. The van der Waals surface area contributed by atoms with E-state index in [2.05, 4.69) is 83.2 Å². The van der Waals surface area contributed by atoms with Gasteiger partial charge in [-0.05, 0) is 107 Å². The number of hydrogen-bond acceptors (Lipinski definition) is 10. The van der Waals surface area contributed by atoms with Crippen LogP contribution in [0, 0.1) is 16.7 Å². The second kappa shape index (κ2) is 18.3. The quantitative estimate of drug-likeness (QED) is 0.119. The Hall–Kier alpha value is -5.88. The third-order valence-corrected chi connectivity index (χ3v) is 13.6. The molecular formula is C49H66N10O5. The zero-order valence-corrected chi connectivity index (χ0v) is 38.9. The van der Waals surface area contributed by atoms with Gasteiger partial charge in [0.05, 0.1) is 17.2 Å². The molecule has 2 atom stereocenters. The second-order valence-corrected chi connectivity index (χ2v) is 20.0. The summed E-state index contributed by atoms with van der Waals surface area (Å²) in [4.78, 5) is 68.7. The smallest absolute Gasteiger partial charge is 0.408 e. The number of rotatable bonds is 13. The fourth-order valence-electron chi connectivity index (χ4n) is 9.61. The molecule has 2 saturated heterocycles. The summed E-state index contributed by atoms with van der Waals surface area (Å²) in [6.07, 6.45) is 6.56. The molecule has 2 aliphatic heterocycles. The molecule has 5 N–H and O–H groups in total. The fourth-order valence-corrected chi connectivity index (χ4v) is 9.61. The zero-order valence-electron chi connectivity index (χ0n) is 38.9. The van der Waals surface area contributed by atoms with Crippen molar-refractivity contribution in [3.63, 3.8) is 0 Å². The molecule has 3 aliphatic rings. The van der Waals surface area contributed by atoms with Gasteiger partial charge in [-0.1, -0.05) is 40.7 Å². The number of imidazole rings is 1. The maximum atomic E-state index is 14.2. The van der Waals surface area contributed by atoms with Crippen molar-refractivity contribution in [3.8, 4) is 6.07 Å². The Morgan fingerprint density at radius 1 is 1.05 bits per heavy atom. The van der Waals surface area contributed by atoms with E-state index >= 15 is 0 Å². The molecule has 15 nitrogen and oxygen atoms in total. The minimum absolute atomic E-state index is 0.00610. The number of aromatic nitrogens is 3. The normalized spacial score (nSPS) is 18.8. The van der Waals surface area contributed by atoms with Gasteiger partial charge in [-0.2, -0.15) is 5.26 Å². The second-order valence-electron chi connectivity index (χ2n) is 20.0. The van der Waals surface area contributed by atoms with Crippen LogP contribution in [-0.4, -0.2) is 112 Å². The number of H-pyrrole nitrogens is 1. The van der Waals surface area contributed by atoms with Crippen LogP contribution in [0.1, 0.15) is 126 Å². The average Bonchev–Trinajstić information content (AvgIpc) is 3.85. The Bertz CT molecular complexity index is 2440. The Labute approximate surface area is 377 Å². The molecule has 0 spiro atoms. The lowest BCUT2D eigenvalue weighted by Gasteiger charge is -2.44. The Morgan fingerprint density at radius 2 is 1.80 bits per heavy atom. The molecule has 64 heavy (non-hydrogen) atoms. The van der Waals surface area contributed by atoms with Crippen molar-refractivity contribution in [2.24, 2.45) is 5.41 Å². The van der Waals surface area contributed by atoms with Crippen LogP contribution in [0.15, 0.2) is 42.7 Å². The average molecular weight is 875 g/mol. The van der Waals surface area contributed by atoms with Crippen molar-refractivity contribution in [2.75, 3.05) is 56.4 Å². The Morgan fingerprint density at radius 3 is 2.47 bits per heavy atom. The van der Waals surface area contributed by atoms with Crippen molar-refractivity contribution in [2.45, 2.75) is 124 Å². The van der Waals surface area contributed by atoms with Gasteiger partial charge in [-0.15, -0.1) is 0 Å². The predicted molar refractivity (Wildman–Crippen MR) is 248 cm³/mol. The van der Waals surface area contributed by atoms with E-state index < -0.39 is 23.2 Å². The number of likely N-dealkylation sites (tertiary alicyclic amines) is 1. The summed E-state index contributed by atoms with van der Waals surface area (Å²) in [5.41, 5.74) is 11.4. The number of aromatic amines is 1. The van der Waals surface area contributed by atoms with Crippen LogP contribution in [0.3, 0.4) is 0 Å². The van der Waals surface area contributed by atoms with Gasteiger partial charge in [0.15, 0.2) is 11.7 Å². The van der Waals surface area contributed by atoms with Gasteiger partial charge in [0, 0.05) is 97.4 Å². The van der Waals surface area contributed by atoms with Gasteiger partial charge in [0.1, 0.15) is 11.6 Å². The number of nitrogen functional groups attached to an aromatic ring is 1. The standard InChI is InChI=1S/C49H66N10O5/c1-9-32-27-34-35(49(7,8)43-41(42(34)61)33-15-14-31(29-50)26-37(33)53-43)28-38(32)57-22-24-58(25-23-57)40(60)13-11-18-56-20-16-48(5,6)39(30-56)55-44(62)36(54-46(63)64-47(2,3)4)12-10-19-59-21-17-52-45(59)51/h14-15,17,21,26-28,36,39,53H,9-13,16,18-20,22-25,30H2,1-8H3,(H2,51,52)(H,54,63)(H,55,62)/t36-,39+/m0/s1. The number of piperazine rings is 1. The summed E-state index contributed by atoms with van der Waals surface area (Å²) in [6, 6.07) is 11.0. The van der Waals surface area contributed by atoms with Crippen molar-refractivity contribution in [1.29, 1.82) is 5.26 Å².